The highest BCUT2D eigenvalue weighted by Crippen LogP contribution is 2.17. The van der Waals surface area contributed by atoms with Gasteiger partial charge in [-0.05, 0) is 25.5 Å². The molecule has 0 aromatic heterocycles. The van der Waals surface area contributed by atoms with Crippen LogP contribution in [0.5, 0.6) is 0 Å². The van der Waals surface area contributed by atoms with Crippen molar-refractivity contribution in [3.63, 3.8) is 0 Å². The van der Waals surface area contributed by atoms with Gasteiger partial charge in [-0.15, -0.1) is 11.8 Å². The van der Waals surface area contributed by atoms with Crippen LogP contribution in [-0.2, 0) is 0 Å². The lowest BCUT2D eigenvalue weighted by molar-refractivity contribution is 0.491. The third-order valence-corrected chi connectivity index (χ3v) is 3.54. The van der Waals surface area contributed by atoms with Gasteiger partial charge < -0.3 is 10.6 Å². The average Bonchev–Trinajstić information content (AvgIpc) is 2.11. The summed E-state index contributed by atoms with van der Waals surface area (Å²) in [4.78, 5) is 6.11. The fourth-order valence-electron chi connectivity index (χ4n) is 0.904. The summed E-state index contributed by atoms with van der Waals surface area (Å²) in [6, 6.07) is 0. The number of guanidine groups is 1. The molecule has 0 heterocycles. The number of rotatable bonds is 5. The Bertz CT molecular complexity index is 236. The van der Waals surface area contributed by atoms with E-state index in [9.17, 15) is 0 Å². The van der Waals surface area contributed by atoms with E-state index in [-0.39, 0.29) is 0 Å². The molecule has 0 aromatic carbocycles. The van der Waals surface area contributed by atoms with Crippen molar-refractivity contribution in [1.82, 2.24) is 4.90 Å². The molecule has 0 fully saturated rings. The lowest BCUT2D eigenvalue weighted by Crippen LogP contribution is -2.39. The Labute approximate surface area is 97.8 Å². The largest absolute Gasteiger partial charge is 0.369 e. The summed E-state index contributed by atoms with van der Waals surface area (Å²) in [6.45, 7) is 12.1. The number of allylic oxidation sites excluding steroid dienone is 1. The Kier molecular flexibility index (Phi) is 6.48. The second-order valence-electron chi connectivity index (χ2n) is 4.14. The molecule has 4 heteroatoms. The van der Waals surface area contributed by atoms with E-state index in [1.54, 1.807) is 0 Å². The van der Waals surface area contributed by atoms with Crippen LogP contribution in [0.1, 0.15) is 27.7 Å². The van der Waals surface area contributed by atoms with E-state index in [1.165, 1.54) is 0 Å². The molecule has 15 heavy (non-hydrogen) atoms. The molecule has 0 radical (unpaired) electrons. The van der Waals surface area contributed by atoms with Gasteiger partial charge in [0, 0.05) is 12.7 Å². The molecule has 0 saturated carbocycles. The lowest BCUT2D eigenvalue weighted by Gasteiger charge is -2.25. The summed E-state index contributed by atoms with van der Waals surface area (Å²) in [6.07, 6.45) is 0. The number of nitrogens with two attached hydrogens (primary N) is 1. The van der Waals surface area contributed by atoms with E-state index in [0.29, 0.717) is 17.3 Å². The topological polar surface area (TPSA) is 41.6 Å². The standard InChI is InChI=1S/C11H23N3S/c1-8(2)7-15-10(5)14(6)11(12)13-9(3)4/h8,10H,3,7H2,1-2,4-6H3,(H2,12,13). The van der Waals surface area contributed by atoms with E-state index >= 15 is 0 Å². The van der Waals surface area contributed by atoms with Crippen LogP contribution >= 0.6 is 11.8 Å². The molecule has 0 aliphatic carbocycles. The van der Waals surface area contributed by atoms with Crippen LogP contribution in [0, 0.1) is 5.92 Å². The Morgan fingerprint density at radius 3 is 2.40 bits per heavy atom. The van der Waals surface area contributed by atoms with Crippen LogP contribution in [0.3, 0.4) is 0 Å². The molecule has 3 nitrogen and oxygen atoms in total. The van der Waals surface area contributed by atoms with Crippen molar-refractivity contribution in [2.24, 2.45) is 16.6 Å². The summed E-state index contributed by atoms with van der Waals surface area (Å²) in [5.74, 6) is 2.36. The maximum absolute atomic E-state index is 5.83. The van der Waals surface area contributed by atoms with Gasteiger partial charge in [0.2, 0.25) is 0 Å². The fraction of sp³-hybridized carbons (Fsp3) is 0.727. The zero-order chi connectivity index (χ0) is 12.0. The third-order valence-electron chi connectivity index (χ3n) is 1.88. The van der Waals surface area contributed by atoms with Gasteiger partial charge in [0.15, 0.2) is 5.96 Å². The third kappa shape index (κ3) is 6.44. The highest BCUT2D eigenvalue weighted by Gasteiger charge is 2.12. The Balaban J connectivity index is 4.19. The molecule has 0 rings (SSSR count). The Hall–Kier alpha value is -0.640. The number of thioether (sulfide) groups is 1. The predicted octanol–water partition coefficient (Wildman–Crippen LogP) is 2.50. The molecular formula is C11H23N3S. The normalized spacial score (nSPS) is 14.1. The average molecular weight is 229 g/mol. The van der Waals surface area contributed by atoms with Crippen LogP contribution in [0.15, 0.2) is 17.3 Å². The minimum atomic E-state index is 0.343. The zero-order valence-electron chi connectivity index (χ0n) is 10.4. The smallest absolute Gasteiger partial charge is 0.196 e. The van der Waals surface area contributed by atoms with Gasteiger partial charge in [-0.2, -0.15) is 0 Å². The molecular weight excluding hydrogens is 206 g/mol. The minimum absolute atomic E-state index is 0.343. The van der Waals surface area contributed by atoms with Gasteiger partial charge in [0.05, 0.1) is 5.37 Å². The van der Waals surface area contributed by atoms with Gasteiger partial charge in [0.25, 0.3) is 0 Å². The summed E-state index contributed by atoms with van der Waals surface area (Å²) in [7, 11) is 1.96. The number of hydrogen-bond donors (Lipinski definition) is 1. The molecule has 2 N–H and O–H groups in total. The van der Waals surface area contributed by atoms with Gasteiger partial charge in [-0.1, -0.05) is 20.4 Å². The molecule has 0 aliphatic heterocycles. The van der Waals surface area contributed by atoms with Crippen molar-refractivity contribution >= 4 is 17.7 Å². The number of hydrogen-bond acceptors (Lipinski definition) is 2. The highest BCUT2D eigenvalue weighted by atomic mass is 32.2. The molecule has 1 atom stereocenters. The van der Waals surface area contributed by atoms with Crippen LogP contribution in [0.4, 0.5) is 0 Å². The van der Waals surface area contributed by atoms with Crippen LogP contribution in [-0.4, -0.2) is 29.0 Å². The van der Waals surface area contributed by atoms with Crippen LogP contribution in [0.2, 0.25) is 0 Å². The molecule has 0 saturated heterocycles. The predicted molar refractivity (Wildman–Crippen MR) is 71.0 cm³/mol. The van der Waals surface area contributed by atoms with Crippen LogP contribution < -0.4 is 5.73 Å². The first-order chi connectivity index (χ1) is 6.84. The monoisotopic (exact) mass is 229 g/mol. The van der Waals surface area contributed by atoms with E-state index in [4.69, 9.17) is 5.73 Å². The van der Waals surface area contributed by atoms with Crippen molar-refractivity contribution in [1.29, 1.82) is 0 Å². The lowest BCUT2D eigenvalue weighted by atomic mass is 10.3. The summed E-state index contributed by atoms with van der Waals surface area (Å²) in [5.41, 5.74) is 6.56. The molecule has 0 aliphatic rings. The second-order valence-corrected chi connectivity index (χ2v) is 5.49. The van der Waals surface area contributed by atoms with Crippen molar-refractivity contribution in [3.05, 3.63) is 12.3 Å². The van der Waals surface area contributed by atoms with Crippen molar-refractivity contribution in [2.45, 2.75) is 33.1 Å². The van der Waals surface area contributed by atoms with Gasteiger partial charge in [-0.25, -0.2) is 4.99 Å². The Morgan fingerprint density at radius 1 is 1.47 bits per heavy atom. The molecule has 0 aromatic rings. The number of nitrogens with zero attached hydrogens (tertiary/aromatic N) is 2. The molecule has 0 bridgehead atoms. The van der Waals surface area contributed by atoms with E-state index < -0.39 is 0 Å². The number of aliphatic imine (C=N–C) groups is 1. The zero-order valence-corrected chi connectivity index (χ0v) is 11.3. The summed E-state index contributed by atoms with van der Waals surface area (Å²) >= 11 is 1.88. The maximum atomic E-state index is 5.83. The van der Waals surface area contributed by atoms with Gasteiger partial charge in [-0.3, -0.25) is 0 Å². The van der Waals surface area contributed by atoms with Crippen molar-refractivity contribution in [3.8, 4) is 0 Å². The molecule has 88 valence electrons. The first-order valence-corrected chi connectivity index (χ1v) is 6.23. The van der Waals surface area contributed by atoms with E-state index in [1.807, 2.05) is 30.6 Å². The van der Waals surface area contributed by atoms with E-state index in [2.05, 4.69) is 32.3 Å². The van der Waals surface area contributed by atoms with Gasteiger partial charge in [0.1, 0.15) is 0 Å². The molecule has 1 unspecified atom stereocenters. The summed E-state index contributed by atoms with van der Waals surface area (Å²) < 4.78 is 0. The van der Waals surface area contributed by atoms with Crippen LogP contribution in [0.25, 0.3) is 0 Å². The van der Waals surface area contributed by atoms with Crippen molar-refractivity contribution in [2.75, 3.05) is 12.8 Å². The van der Waals surface area contributed by atoms with Gasteiger partial charge >= 0.3 is 0 Å². The SMILES string of the molecule is C=C(C)/N=C(/N)N(C)C(C)SCC(C)C. The maximum Gasteiger partial charge on any atom is 0.196 e. The fourth-order valence-corrected chi connectivity index (χ4v) is 1.90. The highest BCUT2D eigenvalue weighted by molar-refractivity contribution is 7.99. The quantitative estimate of drug-likeness (QED) is 0.447. The van der Waals surface area contributed by atoms with E-state index in [0.717, 1.165) is 11.4 Å². The molecule has 0 amide bonds. The molecule has 0 spiro atoms. The first kappa shape index (κ1) is 14.4. The second kappa shape index (κ2) is 6.77. The Morgan fingerprint density at radius 2 is 2.00 bits per heavy atom. The minimum Gasteiger partial charge on any atom is -0.369 e. The summed E-state index contributed by atoms with van der Waals surface area (Å²) in [5, 5.41) is 0.343. The first-order valence-electron chi connectivity index (χ1n) is 5.18. The van der Waals surface area contributed by atoms with Crippen molar-refractivity contribution < 1.29 is 0 Å².